The zero-order valence-electron chi connectivity index (χ0n) is 5.07. The maximum absolute atomic E-state index is 11.9. The molecule has 0 nitrogen and oxygen atoms in total. The van der Waals surface area contributed by atoms with Crippen molar-refractivity contribution >= 4 is 19.8 Å². The number of hydrogen-bond acceptors (Lipinski definition) is 0. The van der Waals surface area contributed by atoms with Crippen LogP contribution in [-0.4, -0.2) is 0 Å². The van der Waals surface area contributed by atoms with Crippen LogP contribution in [0.2, 0.25) is 0 Å². The minimum absolute atomic E-state index is 0.593. The standard InChI is InChI=1S/C6H3F2.HI.Zn/c7-5-2-1-3-6(8)4-5;;/h2-4H;1H;/q-1;;+2/p-1. The molecule has 0 atom stereocenters. The summed E-state index contributed by atoms with van der Waals surface area (Å²) >= 11 is 3.62. The Bertz CT molecular complexity index is 176. The molecule has 1 rings (SSSR count). The SMILES string of the molecule is Fc1c[c-]cc(F)c1.[Zn+][I]. The fourth-order valence-electron chi connectivity index (χ4n) is 0.416. The summed E-state index contributed by atoms with van der Waals surface area (Å²) < 4.78 is 23.8. The van der Waals surface area contributed by atoms with E-state index in [-0.39, 0.29) is 0 Å². The summed E-state index contributed by atoms with van der Waals surface area (Å²) in [5.41, 5.74) is 0. The number of halogens is 3. The summed E-state index contributed by atoms with van der Waals surface area (Å²) in [5.74, 6) is -1.19. The quantitative estimate of drug-likeness (QED) is 0.393. The van der Waals surface area contributed by atoms with E-state index in [4.69, 9.17) is 0 Å². The van der Waals surface area contributed by atoms with Crippen LogP contribution >= 0.6 is 19.8 Å². The molecule has 0 radical (unpaired) electrons. The van der Waals surface area contributed by atoms with E-state index >= 15 is 0 Å². The first-order chi connectivity index (χ1) is 4.79. The Hall–Kier alpha value is 0.433. The van der Waals surface area contributed by atoms with E-state index in [1.165, 1.54) is 14.8 Å². The van der Waals surface area contributed by atoms with Gasteiger partial charge in [-0.3, -0.25) is 8.78 Å². The van der Waals surface area contributed by atoms with Crippen molar-refractivity contribution in [1.82, 2.24) is 0 Å². The zero-order chi connectivity index (χ0) is 7.98. The summed E-state index contributed by atoms with van der Waals surface area (Å²) in [7, 11) is 0. The van der Waals surface area contributed by atoms with Gasteiger partial charge in [0, 0.05) is 11.6 Å². The van der Waals surface area contributed by atoms with Gasteiger partial charge in [-0.2, -0.15) is 6.07 Å². The van der Waals surface area contributed by atoms with Gasteiger partial charge in [-0.15, -0.1) is 18.2 Å². The molecule has 0 saturated heterocycles. The van der Waals surface area contributed by atoms with Crippen LogP contribution < -0.4 is 0 Å². The van der Waals surface area contributed by atoms with Gasteiger partial charge in [0.1, 0.15) is 0 Å². The van der Waals surface area contributed by atoms with Crippen molar-refractivity contribution in [2.45, 2.75) is 0 Å². The molecule has 4 heteroatoms. The predicted octanol–water partition coefficient (Wildman–Crippen LogP) is 2.65. The molecule has 0 aliphatic rings. The van der Waals surface area contributed by atoms with Gasteiger partial charge in [-0.25, -0.2) is 0 Å². The molecule has 0 spiro atoms. The second-order valence-electron chi connectivity index (χ2n) is 1.37. The van der Waals surface area contributed by atoms with E-state index in [9.17, 15) is 8.78 Å². The van der Waals surface area contributed by atoms with Crippen LogP contribution in [0.5, 0.6) is 0 Å². The third-order valence-corrected chi connectivity index (χ3v) is 0.718. The van der Waals surface area contributed by atoms with Crippen LogP contribution in [0.4, 0.5) is 8.78 Å². The van der Waals surface area contributed by atoms with Crippen molar-refractivity contribution in [1.29, 1.82) is 0 Å². The summed E-state index contributed by atoms with van der Waals surface area (Å²) in [4.78, 5) is 0. The van der Waals surface area contributed by atoms with Crippen molar-refractivity contribution in [3.05, 3.63) is 35.9 Å². The molecule has 50 valence electrons. The molecule has 0 N–H and O–H groups in total. The second kappa shape index (κ2) is 6.16. The molecular weight excluding hydrogens is 302 g/mol. The average Bonchev–Trinajstić information content (AvgIpc) is 1.91. The number of benzene rings is 1. The van der Waals surface area contributed by atoms with Gasteiger partial charge >= 0.3 is 34.5 Å². The minimum atomic E-state index is -0.593. The molecule has 10 heavy (non-hydrogen) atoms. The fourth-order valence-corrected chi connectivity index (χ4v) is 0.416. The van der Waals surface area contributed by atoms with Gasteiger partial charge in [0.2, 0.25) is 0 Å². The van der Waals surface area contributed by atoms with E-state index < -0.39 is 11.6 Å². The van der Waals surface area contributed by atoms with Crippen molar-refractivity contribution in [3.8, 4) is 0 Å². The van der Waals surface area contributed by atoms with Gasteiger partial charge in [-0.1, -0.05) is 0 Å². The molecule has 0 aliphatic carbocycles. The summed E-state index contributed by atoms with van der Waals surface area (Å²) in [6.45, 7) is 0. The Morgan fingerprint density at radius 1 is 1.20 bits per heavy atom. The van der Waals surface area contributed by atoms with Crippen molar-refractivity contribution in [2.24, 2.45) is 0 Å². The van der Waals surface area contributed by atoms with Crippen LogP contribution in [0.25, 0.3) is 0 Å². The molecule has 0 fully saturated rings. The van der Waals surface area contributed by atoms with E-state index in [0.717, 1.165) is 18.2 Å². The monoisotopic (exact) mass is 304 g/mol. The van der Waals surface area contributed by atoms with Crippen LogP contribution in [0.15, 0.2) is 18.2 Å². The third-order valence-electron chi connectivity index (χ3n) is 0.718. The summed E-state index contributed by atoms with van der Waals surface area (Å²) in [6, 6.07) is 5.23. The Kier molecular flexibility index (Phi) is 6.43. The van der Waals surface area contributed by atoms with Gasteiger partial charge < -0.3 is 0 Å². The Labute approximate surface area is 78.9 Å². The molecule has 0 bridgehead atoms. The molecule has 0 saturated carbocycles. The van der Waals surface area contributed by atoms with Crippen molar-refractivity contribution < 1.29 is 23.6 Å². The molecule has 0 unspecified atom stereocenters. The predicted molar refractivity (Wildman–Crippen MR) is 39.2 cm³/mol. The number of hydrogen-bond donors (Lipinski definition) is 0. The zero-order valence-corrected chi connectivity index (χ0v) is 10.2. The van der Waals surface area contributed by atoms with Gasteiger partial charge in [0.25, 0.3) is 0 Å². The van der Waals surface area contributed by atoms with Crippen LogP contribution in [0.1, 0.15) is 0 Å². The summed E-state index contributed by atoms with van der Waals surface area (Å²) in [5, 5.41) is 0. The topological polar surface area (TPSA) is 0 Å². The van der Waals surface area contributed by atoms with E-state index in [0.29, 0.717) is 0 Å². The molecular formula is C6H3F2IZn. The summed E-state index contributed by atoms with van der Waals surface area (Å²) in [6.07, 6.45) is 0. The van der Waals surface area contributed by atoms with Crippen LogP contribution in [0.3, 0.4) is 0 Å². The third kappa shape index (κ3) is 4.28. The molecule has 0 heterocycles. The fraction of sp³-hybridized carbons (Fsp3) is 0. The van der Waals surface area contributed by atoms with Crippen molar-refractivity contribution in [2.75, 3.05) is 0 Å². The molecule has 0 aromatic heterocycles. The van der Waals surface area contributed by atoms with Crippen LogP contribution in [-0.2, 0) is 14.8 Å². The molecule has 0 amide bonds. The second-order valence-corrected chi connectivity index (χ2v) is 1.37. The van der Waals surface area contributed by atoms with E-state index in [1.807, 2.05) is 0 Å². The molecule has 1 aromatic carbocycles. The van der Waals surface area contributed by atoms with Gasteiger partial charge in [0.05, 0.1) is 0 Å². The number of rotatable bonds is 0. The first-order valence-corrected chi connectivity index (χ1v) is 11.4. The first-order valence-electron chi connectivity index (χ1n) is 2.38. The molecule has 1 aromatic rings. The maximum atomic E-state index is 11.9. The Balaban J connectivity index is 0.000000371. The van der Waals surface area contributed by atoms with Gasteiger partial charge in [0.15, 0.2) is 0 Å². The van der Waals surface area contributed by atoms with Crippen LogP contribution in [0, 0.1) is 17.7 Å². The van der Waals surface area contributed by atoms with Gasteiger partial charge in [-0.05, 0) is 0 Å². The van der Waals surface area contributed by atoms with E-state index in [2.05, 4.69) is 25.8 Å². The Morgan fingerprint density at radius 3 is 1.80 bits per heavy atom. The van der Waals surface area contributed by atoms with E-state index in [1.54, 1.807) is 0 Å². The molecule has 0 aliphatic heterocycles. The van der Waals surface area contributed by atoms with Crippen molar-refractivity contribution in [3.63, 3.8) is 0 Å². The first kappa shape index (κ1) is 10.4. The normalized spacial score (nSPS) is 8.10. The average molecular weight is 305 g/mol. The Morgan fingerprint density at radius 2 is 1.60 bits per heavy atom.